The topological polar surface area (TPSA) is 74.5 Å². The number of amides is 1. The number of aromatic nitrogens is 2. The van der Waals surface area contributed by atoms with Gasteiger partial charge >= 0.3 is 0 Å². The number of guanidine groups is 1. The number of hydrogen-bond acceptors (Lipinski definition) is 3. The Morgan fingerprint density at radius 3 is 2.52 bits per heavy atom. The van der Waals surface area contributed by atoms with Crippen LogP contribution < -0.4 is 10.6 Å². The molecule has 0 aliphatic heterocycles. The Kier molecular flexibility index (Phi) is 6.84. The zero-order valence-electron chi connectivity index (χ0n) is 17.2. The van der Waals surface area contributed by atoms with Gasteiger partial charge in [-0.2, -0.15) is 0 Å². The molecule has 0 unspecified atom stereocenters. The molecule has 0 saturated heterocycles. The van der Waals surface area contributed by atoms with Crippen LogP contribution in [0.4, 0.5) is 0 Å². The summed E-state index contributed by atoms with van der Waals surface area (Å²) < 4.78 is 2.15. The van der Waals surface area contributed by atoms with Crippen LogP contribution in [0.15, 0.2) is 59.9 Å². The molecular weight excluding hydrogens is 364 g/mol. The van der Waals surface area contributed by atoms with E-state index < -0.39 is 0 Å². The van der Waals surface area contributed by atoms with E-state index in [1.165, 1.54) is 5.56 Å². The van der Waals surface area contributed by atoms with Crippen LogP contribution in [0.5, 0.6) is 0 Å². The number of rotatable bonds is 7. The second-order valence-corrected chi connectivity index (χ2v) is 7.01. The summed E-state index contributed by atoms with van der Waals surface area (Å²) in [6.45, 7) is 4.27. The average Bonchev–Trinajstić information content (AvgIpc) is 3.13. The van der Waals surface area contributed by atoms with Crippen LogP contribution in [0.2, 0.25) is 0 Å². The standard InChI is InChI=1S/C22H28N6O/c1-4-23-22(25-14-21(29)27(2)3)24-13-17-9-11-18(12-10-17)15-28-16-26-19-7-5-6-8-20(19)28/h5-12,16H,4,13-15H2,1-3H3,(H2,23,24,25). The van der Waals surface area contributed by atoms with E-state index in [1.54, 1.807) is 19.0 Å². The molecule has 1 aromatic heterocycles. The molecule has 0 atom stereocenters. The predicted octanol–water partition coefficient (Wildman–Crippen LogP) is 2.23. The van der Waals surface area contributed by atoms with Crippen molar-refractivity contribution < 1.29 is 4.79 Å². The number of aliphatic imine (C=N–C) groups is 1. The van der Waals surface area contributed by atoms with Crippen molar-refractivity contribution in [3.8, 4) is 0 Å². The Bertz CT molecular complexity index is 974. The SMILES string of the molecule is CCNC(=NCc1ccc(Cn2cnc3ccccc32)cc1)NCC(=O)N(C)C. The lowest BCUT2D eigenvalue weighted by Gasteiger charge is -2.14. The largest absolute Gasteiger partial charge is 0.357 e. The summed E-state index contributed by atoms with van der Waals surface area (Å²) >= 11 is 0. The fourth-order valence-electron chi connectivity index (χ4n) is 2.91. The van der Waals surface area contributed by atoms with Crippen LogP contribution in [0.3, 0.4) is 0 Å². The molecule has 1 amide bonds. The highest BCUT2D eigenvalue weighted by molar-refractivity contribution is 5.86. The number of benzene rings is 2. The third kappa shape index (κ3) is 5.57. The van der Waals surface area contributed by atoms with E-state index in [9.17, 15) is 4.79 Å². The minimum absolute atomic E-state index is 0.00646. The van der Waals surface area contributed by atoms with Gasteiger partial charge in [-0.25, -0.2) is 9.98 Å². The first kappa shape index (κ1) is 20.4. The summed E-state index contributed by atoms with van der Waals surface area (Å²) in [5.41, 5.74) is 4.47. The summed E-state index contributed by atoms with van der Waals surface area (Å²) in [5, 5.41) is 6.23. The normalized spacial score (nSPS) is 11.5. The van der Waals surface area contributed by atoms with Gasteiger partial charge in [-0.15, -0.1) is 0 Å². The van der Waals surface area contributed by atoms with E-state index >= 15 is 0 Å². The number of carbonyl (C=O) groups excluding carboxylic acids is 1. The molecule has 0 aliphatic rings. The molecular formula is C22H28N6O. The molecule has 0 aliphatic carbocycles. The monoisotopic (exact) mass is 392 g/mol. The van der Waals surface area contributed by atoms with Gasteiger partial charge in [-0.05, 0) is 30.2 Å². The molecule has 7 nitrogen and oxygen atoms in total. The van der Waals surface area contributed by atoms with Crippen LogP contribution in [0.25, 0.3) is 11.0 Å². The Morgan fingerprint density at radius 1 is 1.07 bits per heavy atom. The van der Waals surface area contributed by atoms with Crippen molar-refractivity contribution in [1.29, 1.82) is 0 Å². The lowest BCUT2D eigenvalue weighted by Crippen LogP contribution is -2.42. The number of fused-ring (bicyclic) bond motifs is 1. The molecule has 2 N–H and O–H groups in total. The second-order valence-electron chi connectivity index (χ2n) is 7.01. The number of carbonyl (C=O) groups is 1. The Morgan fingerprint density at radius 2 is 1.79 bits per heavy atom. The average molecular weight is 393 g/mol. The van der Waals surface area contributed by atoms with Crippen LogP contribution in [-0.4, -0.2) is 53.5 Å². The lowest BCUT2D eigenvalue weighted by molar-refractivity contribution is -0.127. The molecule has 152 valence electrons. The van der Waals surface area contributed by atoms with Gasteiger partial charge in [-0.1, -0.05) is 36.4 Å². The highest BCUT2D eigenvalue weighted by atomic mass is 16.2. The Hall–Kier alpha value is -3.35. The van der Waals surface area contributed by atoms with Crippen molar-refractivity contribution >= 4 is 22.9 Å². The number of nitrogens with zero attached hydrogens (tertiary/aromatic N) is 4. The quantitative estimate of drug-likeness (QED) is 0.478. The highest BCUT2D eigenvalue weighted by Gasteiger charge is 2.06. The van der Waals surface area contributed by atoms with E-state index in [4.69, 9.17) is 0 Å². The van der Waals surface area contributed by atoms with Crippen molar-refractivity contribution in [3.63, 3.8) is 0 Å². The Balaban J connectivity index is 1.61. The van der Waals surface area contributed by atoms with Gasteiger partial charge in [0.2, 0.25) is 5.91 Å². The van der Waals surface area contributed by atoms with E-state index in [-0.39, 0.29) is 12.5 Å². The maximum absolute atomic E-state index is 11.7. The first-order valence-corrected chi connectivity index (χ1v) is 9.77. The molecule has 0 fully saturated rings. The maximum Gasteiger partial charge on any atom is 0.241 e. The van der Waals surface area contributed by atoms with Crippen molar-refractivity contribution in [2.24, 2.45) is 4.99 Å². The zero-order valence-corrected chi connectivity index (χ0v) is 17.2. The van der Waals surface area contributed by atoms with E-state index in [1.807, 2.05) is 31.5 Å². The van der Waals surface area contributed by atoms with Gasteiger partial charge in [-0.3, -0.25) is 4.79 Å². The Labute approximate surface area is 171 Å². The molecule has 29 heavy (non-hydrogen) atoms. The smallest absolute Gasteiger partial charge is 0.241 e. The summed E-state index contributed by atoms with van der Waals surface area (Å²) in [7, 11) is 3.48. The summed E-state index contributed by atoms with van der Waals surface area (Å²) in [5.74, 6) is 0.642. The van der Waals surface area contributed by atoms with Crippen LogP contribution in [-0.2, 0) is 17.9 Å². The van der Waals surface area contributed by atoms with Crippen LogP contribution in [0, 0.1) is 0 Å². The molecule has 1 heterocycles. The van der Waals surface area contributed by atoms with Gasteiger partial charge < -0.3 is 20.1 Å². The van der Waals surface area contributed by atoms with E-state index in [2.05, 4.69) is 55.5 Å². The van der Waals surface area contributed by atoms with Crippen LogP contribution >= 0.6 is 0 Å². The van der Waals surface area contributed by atoms with E-state index in [0.29, 0.717) is 12.5 Å². The molecule has 0 bridgehead atoms. The number of hydrogen-bond donors (Lipinski definition) is 2. The third-order valence-electron chi connectivity index (χ3n) is 4.57. The van der Waals surface area contributed by atoms with Gasteiger partial charge in [0.25, 0.3) is 0 Å². The molecule has 3 aromatic rings. The predicted molar refractivity (Wildman–Crippen MR) is 117 cm³/mol. The lowest BCUT2D eigenvalue weighted by atomic mass is 10.1. The number of para-hydroxylation sites is 2. The van der Waals surface area contributed by atoms with Crippen molar-refractivity contribution in [2.45, 2.75) is 20.0 Å². The minimum Gasteiger partial charge on any atom is -0.357 e. The number of nitrogens with one attached hydrogen (secondary N) is 2. The molecule has 0 radical (unpaired) electrons. The van der Waals surface area contributed by atoms with Gasteiger partial charge in [0.1, 0.15) is 0 Å². The summed E-state index contributed by atoms with van der Waals surface area (Å²) in [6.07, 6.45) is 1.88. The van der Waals surface area contributed by atoms with Crippen molar-refractivity contribution in [3.05, 3.63) is 66.0 Å². The number of likely N-dealkylation sites (N-methyl/N-ethyl adjacent to an activating group) is 1. The molecule has 0 saturated carbocycles. The maximum atomic E-state index is 11.7. The van der Waals surface area contributed by atoms with Gasteiger partial charge in [0.05, 0.1) is 30.5 Å². The van der Waals surface area contributed by atoms with Crippen LogP contribution in [0.1, 0.15) is 18.1 Å². The first-order chi connectivity index (χ1) is 14.1. The molecule has 2 aromatic carbocycles. The number of imidazole rings is 1. The first-order valence-electron chi connectivity index (χ1n) is 9.77. The summed E-state index contributed by atoms with van der Waals surface area (Å²) in [6, 6.07) is 16.6. The second kappa shape index (κ2) is 9.73. The molecule has 0 spiro atoms. The molecule has 7 heteroatoms. The van der Waals surface area contributed by atoms with E-state index in [0.717, 1.165) is 29.7 Å². The van der Waals surface area contributed by atoms with Crippen molar-refractivity contribution in [1.82, 2.24) is 25.1 Å². The zero-order chi connectivity index (χ0) is 20.6. The fraction of sp³-hybridized carbons (Fsp3) is 0.318. The fourth-order valence-corrected chi connectivity index (χ4v) is 2.91. The third-order valence-corrected chi connectivity index (χ3v) is 4.57. The highest BCUT2D eigenvalue weighted by Crippen LogP contribution is 2.14. The molecule has 3 rings (SSSR count). The van der Waals surface area contributed by atoms with Gasteiger partial charge in [0, 0.05) is 27.2 Å². The minimum atomic E-state index is 0.00646. The van der Waals surface area contributed by atoms with Crippen molar-refractivity contribution in [2.75, 3.05) is 27.2 Å². The summed E-state index contributed by atoms with van der Waals surface area (Å²) in [4.78, 5) is 22.3. The van der Waals surface area contributed by atoms with Gasteiger partial charge in [0.15, 0.2) is 5.96 Å².